The van der Waals surface area contributed by atoms with Crippen LogP contribution in [0.2, 0.25) is 0 Å². The van der Waals surface area contributed by atoms with Crippen LogP contribution in [0, 0.1) is 17.8 Å². The van der Waals surface area contributed by atoms with Crippen molar-refractivity contribution in [3.8, 4) is 0 Å². The number of benzene rings is 2. The molecule has 0 saturated heterocycles. The highest BCUT2D eigenvalue weighted by Gasteiger charge is 2.36. The topological polar surface area (TPSA) is 242 Å². The first-order chi connectivity index (χ1) is 39.4. The lowest BCUT2D eigenvalue weighted by Crippen LogP contribution is -2.38. The first-order valence-electron chi connectivity index (χ1n) is 30.9. The van der Waals surface area contributed by atoms with Gasteiger partial charge in [-0.25, -0.2) is 14.2 Å². The van der Waals surface area contributed by atoms with Crippen molar-refractivity contribution in [2.45, 2.75) is 246 Å². The zero-order chi connectivity index (χ0) is 61.5. The lowest BCUT2D eigenvalue weighted by Gasteiger charge is -2.28. The van der Waals surface area contributed by atoms with Crippen LogP contribution in [-0.4, -0.2) is 111 Å². The standard InChI is InChI=1S/C64H105N2O16P/c1-9-11-13-15-17-19-21-23-25-33-39-53(59(69)70)45-54(56(60(71)72)40-34-26-24-22-20-18-16-14-12-10-2)48-78-83(75,76)79-50-55(80-58(68)42-44-66(62(74)82-64(6,7)8)47-52-37-31-28-32-38-52)49-77-57(67)41-43-65(61(73)81-63(3,4)5)46-51-35-29-27-30-36-51/h27-32,35-38,53-56H,9-26,33-34,39-50H2,1-8H3,(H,69,70)(H,71,72)(H,75,76). The fourth-order valence-electron chi connectivity index (χ4n) is 9.55. The van der Waals surface area contributed by atoms with E-state index in [9.17, 15) is 48.4 Å². The average Bonchev–Trinajstić information content (AvgIpc) is 3.42. The monoisotopic (exact) mass is 1190 g/mol. The number of amides is 2. The minimum Gasteiger partial charge on any atom is -0.481 e. The Morgan fingerprint density at radius 1 is 0.518 bits per heavy atom. The second kappa shape index (κ2) is 41.9. The first-order valence-corrected chi connectivity index (χ1v) is 32.4. The van der Waals surface area contributed by atoms with Gasteiger partial charge in [-0.05, 0) is 77.8 Å². The zero-order valence-electron chi connectivity index (χ0n) is 51.7. The maximum absolute atomic E-state index is 13.8. The Morgan fingerprint density at radius 2 is 0.916 bits per heavy atom. The molecule has 2 aromatic rings. The third-order valence-electron chi connectivity index (χ3n) is 14.1. The summed E-state index contributed by atoms with van der Waals surface area (Å²) in [5, 5.41) is 21.1. The number of phosphoric acid groups is 1. The molecule has 5 unspecified atom stereocenters. The van der Waals surface area contributed by atoms with Gasteiger partial charge in [0.25, 0.3) is 0 Å². The molecule has 2 amide bonds. The van der Waals surface area contributed by atoms with E-state index >= 15 is 0 Å². The molecule has 2 rings (SSSR count). The molecule has 0 aromatic heterocycles. The van der Waals surface area contributed by atoms with Crippen molar-refractivity contribution in [1.29, 1.82) is 0 Å². The highest BCUT2D eigenvalue weighted by Crippen LogP contribution is 2.45. The van der Waals surface area contributed by atoms with Crippen LogP contribution in [0.25, 0.3) is 0 Å². The summed E-state index contributed by atoms with van der Waals surface area (Å²) in [6, 6.07) is 18.2. The summed E-state index contributed by atoms with van der Waals surface area (Å²) in [5.74, 6) is -6.96. The number of hydrogen-bond donors (Lipinski definition) is 3. The highest BCUT2D eigenvalue weighted by atomic mass is 31.2. The molecule has 0 saturated carbocycles. The van der Waals surface area contributed by atoms with Gasteiger partial charge in [0.1, 0.15) is 17.8 Å². The van der Waals surface area contributed by atoms with Crippen LogP contribution in [0.1, 0.15) is 227 Å². The maximum Gasteiger partial charge on any atom is 0.472 e. The summed E-state index contributed by atoms with van der Waals surface area (Å²) in [7, 11) is -5.12. The van der Waals surface area contributed by atoms with Crippen LogP contribution in [0.15, 0.2) is 60.7 Å². The van der Waals surface area contributed by atoms with Crippen molar-refractivity contribution in [1.82, 2.24) is 9.80 Å². The van der Waals surface area contributed by atoms with Crippen LogP contribution in [-0.2, 0) is 64.8 Å². The number of aliphatic carboxylic acids is 2. The van der Waals surface area contributed by atoms with Crippen molar-refractivity contribution in [2.24, 2.45) is 17.8 Å². The number of carbonyl (C=O) groups excluding carboxylic acids is 4. The van der Waals surface area contributed by atoms with Gasteiger partial charge in [-0.2, -0.15) is 0 Å². The number of nitrogens with zero attached hydrogens (tertiary/aromatic N) is 2. The predicted molar refractivity (Wildman–Crippen MR) is 321 cm³/mol. The second-order valence-corrected chi connectivity index (χ2v) is 25.5. The summed E-state index contributed by atoms with van der Waals surface area (Å²) >= 11 is 0. The van der Waals surface area contributed by atoms with Gasteiger partial charge in [0.15, 0.2) is 6.10 Å². The largest absolute Gasteiger partial charge is 0.481 e. The lowest BCUT2D eigenvalue weighted by atomic mass is 9.80. The molecule has 0 bridgehead atoms. The minimum atomic E-state index is -5.12. The number of carboxylic acids is 2. The van der Waals surface area contributed by atoms with Crippen LogP contribution in [0.4, 0.5) is 9.59 Å². The summed E-state index contributed by atoms with van der Waals surface area (Å²) in [6.45, 7) is 12.5. The molecular formula is C64H105N2O16P. The average molecular weight is 1190 g/mol. The Balaban J connectivity index is 2.33. The molecule has 5 atom stereocenters. The lowest BCUT2D eigenvalue weighted by molar-refractivity contribution is -0.161. The van der Waals surface area contributed by atoms with Gasteiger partial charge in [0.2, 0.25) is 0 Å². The van der Waals surface area contributed by atoms with E-state index in [1.165, 1.54) is 67.6 Å². The number of esters is 2. The third kappa shape index (κ3) is 37.1. The number of phosphoric ester groups is 1. The second-order valence-electron chi connectivity index (χ2n) is 24.0. The van der Waals surface area contributed by atoms with Gasteiger partial charge in [-0.15, -0.1) is 0 Å². The maximum atomic E-state index is 13.8. The van der Waals surface area contributed by atoms with Crippen molar-refractivity contribution >= 4 is 43.9 Å². The van der Waals surface area contributed by atoms with E-state index < -0.39 is 98.8 Å². The molecule has 0 aliphatic rings. The Labute approximate surface area is 497 Å². The summed E-state index contributed by atoms with van der Waals surface area (Å²) < 4.78 is 47.3. The van der Waals surface area contributed by atoms with Gasteiger partial charge < -0.3 is 43.9 Å². The van der Waals surface area contributed by atoms with Gasteiger partial charge in [-0.3, -0.25) is 28.2 Å². The van der Waals surface area contributed by atoms with Crippen molar-refractivity contribution < 1.29 is 76.4 Å². The molecular weight excluding hydrogens is 1080 g/mol. The molecule has 18 nitrogen and oxygen atoms in total. The summed E-state index contributed by atoms with van der Waals surface area (Å²) in [6.07, 6.45) is 17.8. The number of hydrogen-bond acceptors (Lipinski definition) is 13. The predicted octanol–water partition coefficient (Wildman–Crippen LogP) is 15.3. The van der Waals surface area contributed by atoms with E-state index in [1.807, 2.05) is 48.5 Å². The molecule has 0 fully saturated rings. The molecule has 0 radical (unpaired) electrons. The number of carbonyl (C=O) groups is 6. The minimum absolute atomic E-state index is 0.0955. The van der Waals surface area contributed by atoms with Crippen LogP contribution in [0.3, 0.4) is 0 Å². The molecule has 0 heterocycles. The summed E-state index contributed by atoms with van der Waals surface area (Å²) in [4.78, 5) is 93.4. The van der Waals surface area contributed by atoms with E-state index in [0.29, 0.717) is 19.3 Å². The molecule has 3 N–H and O–H groups in total. The number of rotatable bonds is 46. The van der Waals surface area contributed by atoms with Crippen LogP contribution >= 0.6 is 7.82 Å². The Bertz CT molecular complexity index is 2170. The quantitative estimate of drug-likeness (QED) is 0.0241. The molecule has 83 heavy (non-hydrogen) atoms. The Hall–Kier alpha value is -5.03. The van der Waals surface area contributed by atoms with Crippen molar-refractivity contribution in [3.05, 3.63) is 71.8 Å². The number of carboxylic acid groups (broad SMARTS) is 2. The van der Waals surface area contributed by atoms with Crippen LogP contribution in [0.5, 0.6) is 0 Å². The van der Waals surface area contributed by atoms with E-state index in [-0.39, 0.29) is 51.9 Å². The molecule has 0 spiro atoms. The smallest absolute Gasteiger partial charge is 0.472 e. The number of ether oxygens (including phenoxy) is 4. The van der Waals surface area contributed by atoms with Gasteiger partial charge in [0.05, 0.1) is 37.9 Å². The SMILES string of the molecule is CCCCCCCCCCCCC(CC(COP(=O)(O)OCC(COC(=O)CCN(Cc1ccccc1)C(=O)OC(C)(C)C)OC(=O)CCN(Cc1ccccc1)C(=O)OC(C)(C)C)C(CCCCCCCCCCCC)C(=O)O)C(=O)O. The van der Waals surface area contributed by atoms with Crippen LogP contribution < -0.4 is 0 Å². The van der Waals surface area contributed by atoms with E-state index in [1.54, 1.807) is 53.7 Å². The van der Waals surface area contributed by atoms with Crippen molar-refractivity contribution in [2.75, 3.05) is 32.9 Å². The zero-order valence-corrected chi connectivity index (χ0v) is 52.6. The molecule has 2 aromatic carbocycles. The fraction of sp³-hybridized carbons (Fsp3) is 0.719. The van der Waals surface area contributed by atoms with E-state index in [0.717, 1.165) is 68.9 Å². The van der Waals surface area contributed by atoms with Gasteiger partial charge in [-0.1, -0.05) is 203 Å². The Morgan fingerprint density at radius 3 is 1.33 bits per heavy atom. The van der Waals surface area contributed by atoms with E-state index in [4.69, 9.17) is 28.0 Å². The molecule has 19 heteroatoms. The normalized spacial score (nSPS) is 13.9. The van der Waals surface area contributed by atoms with Gasteiger partial charge in [0, 0.05) is 26.2 Å². The van der Waals surface area contributed by atoms with Gasteiger partial charge >= 0.3 is 43.9 Å². The number of unbranched alkanes of at least 4 members (excludes halogenated alkanes) is 18. The molecule has 0 aliphatic heterocycles. The molecule has 0 aliphatic carbocycles. The van der Waals surface area contributed by atoms with E-state index in [2.05, 4.69) is 13.8 Å². The Kier molecular flexibility index (Phi) is 37.4. The summed E-state index contributed by atoms with van der Waals surface area (Å²) in [5.41, 5.74) is -0.133. The fourth-order valence-corrected chi connectivity index (χ4v) is 10.4. The first kappa shape index (κ1) is 74.1. The highest BCUT2D eigenvalue weighted by molar-refractivity contribution is 7.47. The third-order valence-corrected chi connectivity index (χ3v) is 15.1. The molecule has 472 valence electrons. The van der Waals surface area contributed by atoms with Crippen molar-refractivity contribution in [3.63, 3.8) is 0 Å².